The lowest BCUT2D eigenvalue weighted by atomic mass is 9.95. The van der Waals surface area contributed by atoms with Crippen molar-refractivity contribution in [3.8, 4) is 11.5 Å². The highest BCUT2D eigenvalue weighted by Gasteiger charge is 2.49. The summed E-state index contributed by atoms with van der Waals surface area (Å²) >= 11 is 0. The number of aryl methyl sites for hydroxylation is 1. The van der Waals surface area contributed by atoms with E-state index in [2.05, 4.69) is 5.32 Å². The molecule has 0 saturated carbocycles. The van der Waals surface area contributed by atoms with Crippen molar-refractivity contribution in [2.45, 2.75) is 31.9 Å². The van der Waals surface area contributed by atoms with E-state index in [1.165, 1.54) is 5.56 Å². The molecule has 7 nitrogen and oxygen atoms in total. The normalized spacial score (nSPS) is 17.8. The number of rotatable bonds is 8. The van der Waals surface area contributed by atoms with Gasteiger partial charge < -0.3 is 25.3 Å². The summed E-state index contributed by atoms with van der Waals surface area (Å²) in [6, 6.07) is 14.8. The maximum Gasteiger partial charge on any atom is 0.234 e. The second kappa shape index (κ2) is 10.8. The van der Waals surface area contributed by atoms with Crippen LogP contribution in [0.5, 0.6) is 11.5 Å². The number of nitrogens with one attached hydrogen (secondary N) is 1. The van der Waals surface area contributed by atoms with Crippen LogP contribution in [0, 0.1) is 6.92 Å². The summed E-state index contributed by atoms with van der Waals surface area (Å²) in [5.41, 5.74) is 6.69. The van der Waals surface area contributed by atoms with Crippen LogP contribution in [-0.4, -0.2) is 50.7 Å². The first kappa shape index (κ1) is 23.4. The summed E-state index contributed by atoms with van der Waals surface area (Å²) in [5.74, 6) is 1.13. The number of hydrogen-bond acceptors (Lipinski definition) is 6. The number of nitrogens with two attached hydrogens (primary N) is 1. The minimum atomic E-state index is -0.749. The predicted molar refractivity (Wildman–Crippen MR) is 115 cm³/mol. The Morgan fingerprint density at radius 3 is 2.30 bits per heavy atom. The highest BCUT2D eigenvalue weighted by molar-refractivity contribution is 5.96. The molecule has 30 heavy (non-hydrogen) atoms. The van der Waals surface area contributed by atoms with Crippen LogP contribution in [0.3, 0.4) is 0 Å². The highest BCUT2D eigenvalue weighted by Crippen LogP contribution is 2.29. The Bertz CT molecular complexity index is 850. The molecule has 1 saturated heterocycles. The van der Waals surface area contributed by atoms with Gasteiger partial charge in [0.1, 0.15) is 5.60 Å². The van der Waals surface area contributed by atoms with Gasteiger partial charge in [0, 0.05) is 0 Å². The maximum absolute atomic E-state index is 12.3. The molecule has 2 atom stereocenters. The van der Waals surface area contributed by atoms with Crippen molar-refractivity contribution in [1.29, 1.82) is 0 Å². The summed E-state index contributed by atoms with van der Waals surface area (Å²) in [6.45, 7) is 4.04. The zero-order valence-electron chi connectivity index (χ0n) is 17.9. The van der Waals surface area contributed by atoms with Gasteiger partial charge in [-0.25, -0.2) is 0 Å². The molecule has 0 aliphatic carbocycles. The van der Waals surface area contributed by atoms with Crippen LogP contribution in [0.15, 0.2) is 48.5 Å². The Morgan fingerprint density at radius 1 is 1.13 bits per heavy atom. The van der Waals surface area contributed by atoms with Crippen molar-refractivity contribution in [2.24, 2.45) is 5.73 Å². The van der Waals surface area contributed by atoms with Gasteiger partial charge >= 0.3 is 0 Å². The molecule has 1 fully saturated rings. The average Bonchev–Trinajstić information content (AvgIpc) is 3.52. The number of epoxide rings is 1. The van der Waals surface area contributed by atoms with Gasteiger partial charge in [-0.05, 0) is 43.5 Å². The van der Waals surface area contributed by atoms with E-state index in [4.69, 9.17) is 19.9 Å². The molecule has 0 aromatic heterocycles. The third kappa shape index (κ3) is 6.57. The summed E-state index contributed by atoms with van der Waals surface area (Å²) in [7, 11) is 3.27. The fourth-order valence-corrected chi connectivity index (χ4v) is 2.87. The minimum Gasteiger partial charge on any atom is -0.493 e. The van der Waals surface area contributed by atoms with Gasteiger partial charge in [0.15, 0.2) is 17.3 Å². The quantitative estimate of drug-likeness (QED) is 0.641. The molecule has 2 unspecified atom stereocenters. The molecule has 0 radical (unpaired) electrons. The van der Waals surface area contributed by atoms with Crippen LogP contribution in [0.4, 0.5) is 0 Å². The summed E-state index contributed by atoms with van der Waals surface area (Å²) in [4.78, 5) is 23.7. The number of ketones is 1. The fourth-order valence-electron chi connectivity index (χ4n) is 2.87. The van der Waals surface area contributed by atoms with E-state index in [1.807, 2.05) is 55.5 Å². The molecule has 0 spiro atoms. The van der Waals surface area contributed by atoms with E-state index < -0.39 is 11.6 Å². The van der Waals surface area contributed by atoms with Crippen LogP contribution in [0.2, 0.25) is 0 Å². The molecule has 3 N–H and O–H groups in total. The first-order valence-electron chi connectivity index (χ1n) is 9.73. The largest absolute Gasteiger partial charge is 0.493 e. The molecule has 3 rings (SSSR count). The molecule has 2 aromatic carbocycles. The first-order chi connectivity index (χ1) is 14.3. The Balaban J connectivity index is 0.000000248. The summed E-state index contributed by atoms with van der Waals surface area (Å²) in [5, 5.41) is 2.67. The van der Waals surface area contributed by atoms with Gasteiger partial charge in [0.25, 0.3) is 0 Å². The number of carbonyl (C=O) groups excluding carboxylic acids is 2. The molecule has 0 bridgehead atoms. The average molecular weight is 415 g/mol. The highest BCUT2D eigenvalue weighted by atomic mass is 16.6. The molecule has 162 valence electrons. The molecule has 1 heterocycles. The lowest BCUT2D eigenvalue weighted by Crippen LogP contribution is -2.49. The second-order valence-electron chi connectivity index (χ2n) is 7.26. The molecule has 1 aliphatic rings. The number of benzene rings is 2. The minimum absolute atomic E-state index is 0.0989. The number of carbonyl (C=O) groups is 2. The third-order valence-corrected chi connectivity index (χ3v) is 4.76. The lowest BCUT2D eigenvalue weighted by Gasteiger charge is -2.19. The van der Waals surface area contributed by atoms with E-state index in [9.17, 15) is 9.59 Å². The SMILES string of the molecule is CC1(C(=O)C(Cc2ccccc2)NC(=O)CN)CO1.COc1ccc(C)cc1OC. The Kier molecular flexibility index (Phi) is 8.38. The van der Waals surface area contributed by atoms with Crippen LogP contribution < -0.4 is 20.5 Å². The number of ether oxygens (including phenoxy) is 3. The Hall–Kier alpha value is -2.90. The first-order valence-corrected chi connectivity index (χ1v) is 9.73. The van der Waals surface area contributed by atoms with Gasteiger partial charge in [-0.15, -0.1) is 0 Å². The van der Waals surface area contributed by atoms with Gasteiger partial charge in [0.2, 0.25) is 5.91 Å². The Labute approximate surface area is 177 Å². The van der Waals surface area contributed by atoms with Gasteiger partial charge in [-0.2, -0.15) is 0 Å². The van der Waals surface area contributed by atoms with E-state index in [0.717, 1.165) is 17.1 Å². The Morgan fingerprint density at radius 2 is 1.77 bits per heavy atom. The topological polar surface area (TPSA) is 103 Å². The second-order valence-corrected chi connectivity index (χ2v) is 7.26. The molecular formula is C23H30N2O5. The van der Waals surface area contributed by atoms with Crippen LogP contribution in [-0.2, 0) is 20.7 Å². The summed E-state index contributed by atoms with van der Waals surface area (Å²) < 4.78 is 15.3. The van der Waals surface area contributed by atoms with Crippen molar-refractivity contribution in [1.82, 2.24) is 5.32 Å². The van der Waals surface area contributed by atoms with Crippen molar-refractivity contribution in [3.05, 3.63) is 59.7 Å². The number of hydrogen-bond donors (Lipinski definition) is 2. The zero-order chi connectivity index (χ0) is 22.1. The van der Waals surface area contributed by atoms with Crippen molar-refractivity contribution < 1.29 is 23.8 Å². The number of Topliss-reactive ketones (excluding diaryl/α,β-unsaturated/α-hetero) is 1. The predicted octanol–water partition coefficient (Wildman–Crippen LogP) is 2.04. The lowest BCUT2D eigenvalue weighted by molar-refractivity contribution is -0.129. The summed E-state index contributed by atoms with van der Waals surface area (Å²) in [6.07, 6.45) is 0.449. The van der Waals surface area contributed by atoms with Crippen molar-refractivity contribution >= 4 is 11.7 Å². The van der Waals surface area contributed by atoms with Crippen LogP contribution >= 0.6 is 0 Å². The molecule has 1 amide bonds. The van der Waals surface area contributed by atoms with Gasteiger partial charge in [0.05, 0.1) is 33.4 Å². The van der Waals surface area contributed by atoms with E-state index in [1.54, 1.807) is 21.1 Å². The van der Waals surface area contributed by atoms with Crippen molar-refractivity contribution in [2.75, 3.05) is 27.4 Å². The maximum atomic E-state index is 12.3. The zero-order valence-corrected chi connectivity index (χ0v) is 17.9. The standard InChI is InChI=1S/C14H18N2O3.C9H12O2/c1-14(9-19-14)13(18)11(16-12(17)8-15)7-10-5-3-2-4-6-10;1-7-4-5-8(10-2)9(6-7)11-3/h2-6,11H,7-9,15H2,1H3,(H,16,17);4-6H,1-3H3. The van der Waals surface area contributed by atoms with E-state index in [-0.39, 0.29) is 18.2 Å². The monoisotopic (exact) mass is 414 g/mol. The van der Waals surface area contributed by atoms with Crippen LogP contribution in [0.25, 0.3) is 0 Å². The molecular weight excluding hydrogens is 384 g/mol. The smallest absolute Gasteiger partial charge is 0.234 e. The fraction of sp³-hybridized carbons (Fsp3) is 0.391. The molecule has 7 heteroatoms. The van der Waals surface area contributed by atoms with Crippen molar-refractivity contribution in [3.63, 3.8) is 0 Å². The molecule has 2 aromatic rings. The van der Waals surface area contributed by atoms with Gasteiger partial charge in [-0.1, -0.05) is 36.4 Å². The molecule has 1 aliphatic heterocycles. The third-order valence-electron chi connectivity index (χ3n) is 4.76. The van der Waals surface area contributed by atoms with E-state index in [0.29, 0.717) is 13.0 Å². The number of methoxy groups -OCH3 is 2. The number of amides is 1. The van der Waals surface area contributed by atoms with Crippen LogP contribution in [0.1, 0.15) is 18.1 Å². The van der Waals surface area contributed by atoms with Gasteiger partial charge in [-0.3, -0.25) is 9.59 Å². The van der Waals surface area contributed by atoms with E-state index >= 15 is 0 Å².